The smallest absolute Gasteiger partial charge is 0.223 e. The van der Waals surface area contributed by atoms with E-state index < -0.39 is 10.0 Å². The van der Waals surface area contributed by atoms with Crippen LogP contribution in [-0.4, -0.2) is 56.0 Å². The Balaban J connectivity index is 1.43. The number of sulfonamides is 1. The van der Waals surface area contributed by atoms with Gasteiger partial charge in [0.15, 0.2) is 0 Å². The van der Waals surface area contributed by atoms with E-state index in [1.54, 1.807) is 0 Å². The normalized spacial score (nSPS) is 20.3. The molecule has 1 N–H and O–H groups in total. The van der Waals surface area contributed by atoms with Crippen molar-refractivity contribution >= 4 is 15.9 Å². The SMILES string of the molecule is CS(=O)(=O)N1CCC(C(=O)NCc2ccc(CN3CCCC3)cc2)CC1. The van der Waals surface area contributed by atoms with Crippen molar-refractivity contribution in [2.24, 2.45) is 5.92 Å². The van der Waals surface area contributed by atoms with Gasteiger partial charge in [0.05, 0.1) is 6.26 Å². The predicted molar refractivity (Wildman–Crippen MR) is 102 cm³/mol. The minimum Gasteiger partial charge on any atom is -0.352 e. The molecule has 1 aromatic rings. The number of rotatable bonds is 6. The van der Waals surface area contributed by atoms with Crippen LogP contribution < -0.4 is 5.32 Å². The minimum atomic E-state index is -3.15. The van der Waals surface area contributed by atoms with Crippen molar-refractivity contribution in [1.29, 1.82) is 0 Å². The number of hydrogen-bond donors (Lipinski definition) is 1. The average Bonchev–Trinajstić information content (AvgIpc) is 3.13. The van der Waals surface area contributed by atoms with Crippen molar-refractivity contribution in [3.63, 3.8) is 0 Å². The molecule has 1 amide bonds. The quantitative estimate of drug-likeness (QED) is 0.815. The monoisotopic (exact) mass is 379 g/mol. The molecule has 0 radical (unpaired) electrons. The largest absolute Gasteiger partial charge is 0.352 e. The lowest BCUT2D eigenvalue weighted by atomic mass is 9.97. The number of amides is 1. The van der Waals surface area contributed by atoms with Crippen LogP contribution in [0.2, 0.25) is 0 Å². The first-order valence-corrected chi connectivity index (χ1v) is 11.3. The van der Waals surface area contributed by atoms with Crippen LogP contribution in [0.3, 0.4) is 0 Å². The van der Waals surface area contributed by atoms with Gasteiger partial charge in [-0.05, 0) is 49.9 Å². The maximum atomic E-state index is 12.3. The van der Waals surface area contributed by atoms with Crippen molar-refractivity contribution in [1.82, 2.24) is 14.5 Å². The third-order valence-electron chi connectivity index (χ3n) is 5.39. The Hall–Kier alpha value is -1.44. The molecule has 0 aliphatic carbocycles. The highest BCUT2D eigenvalue weighted by atomic mass is 32.2. The zero-order valence-electron chi connectivity index (χ0n) is 15.5. The summed E-state index contributed by atoms with van der Waals surface area (Å²) in [5.41, 5.74) is 2.41. The predicted octanol–water partition coefficient (Wildman–Crippen LogP) is 1.57. The number of carbonyl (C=O) groups is 1. The molecule has 0 aromatic heterocycles. The second-order valence-corrected chi connectivity index (χ2v) is 9.44. The highest BCUT2D eigenvalue weighted by Crippen LogP contribution is 2.19. The lowest BCUT2D eigenvalue weighted by molar-refractivity contribution is -0.126. The highest BCUT2D eigenvalue weighted by molar-refractivity contribution is 7.88. The van der Waals surface area contributed by atoms with Gasteiger partial charge in [-0.1, -0.05) is 24.3 Å². The first kappa shape index (κ1) is 19.3. The van der Waals surface area contributed by atoms with E-state index in [1.165, 1.54) is 42.1 Å². The summed E-state index contributed by atoms with van der Waals surface area (Å²) in [6.45, 7) is 4.77. The van der Waals surface area contributed by atoms with Crippen molar-refractivity contribution in [2.45, 2.75) is 38.8 Å². The van der Waals surface area contributed by atoms with E-state index in [0.717, 1.165) is 12.1 Å². The molecule has 26 heavy (non-hydrogen) atoms. The van der Waals surface area contributed by atoms with Gasteiger partial charge in [0.2, 0.25) is 15.9 Å². The van der Waals surface area contributed by atoms with E-state index in [0.29, 0.717) is 32.5 Å². The number of nitrogens with one attached hydrogen (secondary N) is 1. The van der Waals surface area contributed by atoms with E-state index in [9.17, 15) is 13.2 Å². The molecule has 2 aliphatic heterocycles. The zero-order valence-corrected chi connectivity index (χ0v) is 16.3. The Bertz CT molecular complexity index is 704. The maximum Gasteiger partial charge on any atom is 0.223 e. The fourth-order valence-corrected chi connectivity index (χ4v) is 4.62. The first-order chi connectivity index (χ1) is 12.4. The van der Waals surface area contributed by atoms with Gasteiger partial charge in [-0.2, -0.15) is 0 Å². The van der Waals surface area contributed by atoms with Crippen LogP contribution in [-0.2, 0) is 27.9 Å². The maximum absolute atomic E-state index is 12.3. The standard InChI is InChI=1S/C19H29N3O3S/c1-26(24,25)22-12-8-18(9-13-22)19(23)20-14-16-4-6-17(7-5-16)15-21-10-2-3-11-21/h4-7,18H,2-3,8-15H2,1H3,(H,20,23). The van der Waals surface area contributed by atoms with Crippen molar-refractivity contribution in [3.05, 3.63) is 35.4 Å². The fourth-order valence-electron chi connectivity index (χ4n) is 3.74. The summed E-state index contributed by atoms with van der Waals surface area (Å²) in [5.74, 6) is -0.0678. The Kier molecular flexibility index (Phi) is 6.32. The summed E-state index contributed by atoms with van der Waals surface area (Å²) in [7, 11) is -3.15. The third-order valence-corrected chi connectivity index (χ3v) is 6.69. The third kappa shape index (κ3) is 5.28. The minimum absolute atomic E-state index is 0.0271. The van der Waals surface area contributed by atoms with Gasteiger partial charge in [0, 0.05) is 32.1 Å². The van der Waals surface area contributed by atoms with Gasteiger partial charge in [-0.25, -0.2) is 12.7 Å². The van der Waals surface area contributed by atoms with Crippen LogP contribution in [0.25, 0.3) is 0 Å². The number of piperidine rings is 1. The van der Waals surface area contributed by atoms with Crippen LogP contribution in [0.15, 0.2) is 24.3 Å². The zero-order chi connectivity index (χ0) is 18.6. The van der Waals surface area contributed by atoms with Crippen LogP contribution in [0.4, 0.5) is 0 Å². The molecule has 0 spiro atoms. The highest BCUT2D eigenvalue weighted by Gasteiger charge is 2.28. The topological polar surface area (TPSA) is 69.7 Å². The lowest BCUT2D eigenvalue weighted by Gasteiger charge is -2.29. The molecule has 144 valence electrons. The molecular weight excluding hydrogens is 350 g/mol. The number of hydrogen-bond acceptors (Lipinski definition) is 4. The fraction of sp³-hybridized carbons (Fsp3) is 0.632. The van der Waals surface area contributed by atoms with E-state index >= 15 is 0 Å². The second-order valence-electron chi connectivity index (χ2n) is 7.45. The Morgan fingerprint density at radius 2 is 1.62 bits per heavy atom. The Morgan fingerprint density at radius 3 is 2.19 bits per heavy atom. The van der Waals surface area contributed by atoms with Crippen LogP contribution in [0.1, 0.15) is 36.8 Å². The molecule has 2 heterocycles. The van der Waals surface area contributed by atoms with Gasteiger partial charge in [0.25, 0.3) is 0 Å². The molecule has 2 fully saturated rings. The molecule has 3 rings (SSSR count). The number of carbonyl (C=O) groups excluding carboxylic acids is 1. The summed E-state index contributed by atoms with van der Waals surface area (Å²) in [6, 6.07) is 8.45. The van der Waals surface area contributed by atoms with Crippen molar-refractivity contribution in [2.75, 3.05) is 32.4 Å². The average molecular weight is 380 g/mol. The molecule has 2 saturated heterocycles. The first-order valence-electron chi connectivity index (χ1n) is 9.45. The van der Waals surface area contributed by atoms with Crippen molar-refractivity contribution in [3.8, 4) is 0 Å². The summed E-state index contributed by atoms with van der Waals surface area (Å²) >= 11 is 0. The van der Waals surface area contributed by atoms with Crippen LogP contribution >= 0.6 is 0 Å². The van der Waals surface area contributed by atoms with Gasteiger partial charge in [-0.3, -0.25) is 9.69 Å². The molecule has 0 unspecified atom stereocenters. The summed E-state index contributed by atoms with van der Waals surface area (Å²) < 4.78 is 24.5. The summed E-state index contributed by atoms with van der Waals surface area (Å²) in [6.07, 6.45) is 5.00. The van der Waals surface area contributed by atoms with Crippen molar-refractivity contribution < 1.29 is 13.2 Å². The van der Waals surface area contributed by atoms with Gasteiger partial charge >= 0.3 is 0 Å². The lowest BCUT2D eigenvalue weighted by Crippen LogP contribution is -2.42. The molecule has 6 nitrogen and oxygen atoms in total. The molecule has 2 aliphatic rings. The van der Waals surface area contributed by atoms with E-state index in [2.05, 4.69) is 34.5 Å². The Labute approximate surface area is 156 Å². The number of benzene rings is 1. The van der Waals surface area contributed by atoms with E-state index in [4.69, 9.17) is 0 Å². The summed E-state index contributed by atoms with van der Waals surface area (Å²) in [4.78, 5) is 14.8. The molecule has 7 heteroatoms. The van der Waals surface area contributed by atoms with E-state index in [-0.39, 0.29) is 11.8 Å². The van der Waals surface area contributed by atoms with Gasteiger partial charge < -0.3 is 5.32 Å². The number of nitrogens with zero attached hydrogens (tertiary/aromatic N) is 2. The molecule has 0 bridgehead atoms. The summed E-state index contributed by atoms with van der Waals surface area (Å²) in [5, 5.41) is 3.00. The van der Waals surface area contributed by atoms with Crippen LogP contribution in [0.5, 0.6) is 0 Å². The van der Waals surface area contributed by atoms with Gasteiger partial charge in [0.1, 0.15) is 0 Å². The van der Waals surface area contributed by atoms with E-state index in [1.807, 2.05) is 0 Å². The molecule has 1 aromatic carbocycles. The molecular formula is C19H29N3O3S. The second kappa shape index (κ2) is 8.50. The van der Waals surface area contributed by atoms with Crippen LogP contribution in [0, 0.1) is 5.92 Å². The number of likely N-dealkylation sites (tertiary alicyclic amines) is 1. The molecule has 0 saturated carbocycles. The van der Waals surface area contributed by atoms with Gasteiger partial charge in [-0.15, -0.1) is 0 Å². The Morgan fingerprint density at radius 1 is 1.04 bits per heavy atom. The molecule has 0 atom stereocenters.